The molecule has 1 unspecified atom stereocenters. The van der Waals surface area contributed by atoms with Gasteiger partial charge in [0.05, 0.1) is 0 Å². The predicted molar refractivity (Wildman–Crippen MR) is 77.0 cm³/mol. The Labute approximate surface area is 121 Å². The largest absolute Gasteiger partial charge is 0.482 e. The van der Waals surface area contributed by atoms with Crippen LogP contribution in [0.4, 0.5) is 8.78 Å². The minimum absolute atomic E-state index is 0.0910. The number of benzene rings is 1. The van der Waals surface area contributed by atoms with Crippen LogP contribution in [0.25, 0.3) is 0 Å². The molecule has 2 nitrogen and oxygen atoms in total. The van der Waals surface area contributed by atoms with E-state index in [9.17, 15) is 8.78 Å². The van der Waals surface area contributed by atoms with E-state index in [0.29, 0.717) is 12.0 Å². The minimum atomic E-state index is -0.681. The summed E-state index contributed by atoms with van der Waals surface area (Å²) in [6.07, 6.45) is 1.22. The minimum Gasteiger partial charge on any atom is -0.482 e. The van der Waals surface area contributed by atoms with Crippen molar-refractivity contribution >= 4 is 11.3 Å². The molecule has 0 radical (unpaired) electrons. The Morgan fingerprint density at radius 3 is 2.55 bits per heavy atom. The molecule has 1 aromatic heterocycles. The third-order valence-corrected chi connectivity index (χ3v) is 3.87. The lowest BCUT2D eigenvalue weighted by atomic mass is 10.0. The highest BCUT2D eigenvalue weighted by Gasteiger charge is 2.14. The van der Waals surface area contributed by atoms with Crippen molar-refractivity contribution in [3.8, 4) is 5.75 Å². The molecular formula is C15H17F2NOS. The molecule has 20 heavy (non-hydrogen) atoms. The molecule has 0 amide bonds. The quantitative estimate of drug-likeness (QED) is 0.878. The van der Waals surface area contributed by atoms with Crippen LogP contribution in [0.3, 0.4) is 0 Å². The van der Waals surface area contributed by atoms with Gasteiger partial charge in [0.2, 0.25) is 0 Å². The first-order valence-corrected chi connectivity index (χ1v) is 7.36. The molecule has 1 aromatic carbocycles. The van der Waals surface area contributed by atoms with Crippen LogP contribution in [-0.4, -0.2) is 6.04 Å². The van der Waals surface area contributed by atoms with E-state index in [4.69, 9.17) is 10.5 Å². The van der Waals surface area contributed by atoms with Crippen LogP contribution in [0, 0.1) is 11.6 Å². The molecule has 0 saturated heterocycles. The molecule has 0 aliphatic carbocycles. The predicted octanol–water partition coefficient (Wildman–Crippen LogP) is 3.89. The van der Waals surface area contributed by atoms with Gasteiger partial charge in [0.1, 0.15) is 6.61 Å². The normalized spacial score (nSPS) is 12.4. The van der Waals surface area contributed by atoms with Crippen LogP contribution >= 0.6 is 11.3 Å². The summed E-state index contributed by atoms with van der Waals surface area (Å²) < 4.78 is 33.0. The van der Waals surface area contributed by atoms with E-state index < -0.39 is 11.6 Å². The van der Waals surface area contributed by atoms with Crippen molar-refractivity contribution in [1.82, 2.24) is 0 Å². The fraction of sp³-hybridized carbons (Fsp3) is 0.333. The molecular weight excluding hydrogens is 280 g/mol. The van der Waals surface area contributed by atoms with Gasteiger partial charge in [-0.3, -0.25) is 0 Å². The molecule has 0 bridgehead atoms. The van der Waals surface area contributed by atoms with Crippen LogP contribution in [0.1, 0.15) is 23.8 Å². The molecule has 0 fully saturated rings. The van der Waals surface area contributed by atoms with Crippen LogP contribution in [-0.2, 0) is 13.0 Å². The molecule has 2 N–H and O–H groups in total. The highest BCUT2D eigenvalue weighted by molar-refractivity contribution is 7.09. The molecule has 5 heteroatoms. The summed E-state index contributed by atoms with van der Waals surface area (Å²) in [4.78, 5) is 0.917. The monoisotopic (exact) mass is 297 g/mol. The average Bonchev–Trinajstić information content (AvgIpc) is 2.90. The van der Waals surface area contributed by atoms with Crippen molar-refractivity contribution in [1.29, 1.82) is 0 Å². The van der Waals surface area contributed by atoms with Crippen molar-refractivity contribution in [2.24, 2.45) is 5.73 Å². The van der Waals surface area contributed by atoms with Crippen LogP contribution in [0.2, 0.25) is 0 Å². The van der Waals surface area contributed by atoms with Gasteiger partial charge in [0.25, 0.3) is 0 Å². The van der Waals surface area contributed by atoms with Gasteiger partial charge in [0.15, 0.2) is 17.4 Å². The van der Waals surface area contributed by atoms with Crippen LogP contribution in [0.5, 0.6) is 5.75 Å². The Kier molecular flexibility index (Phi) is 5.09. The molecule has 2 rings (SSSR count). The van der Waals surface area contributed by atoms with E-state index in [-0.39, 0.29) is 18.4 Å². The smallest absolute Gasteiger partial charge is 0.191 e. The summed E-state index contributed by atoms with van der Waals surface area (Å²) in [6.45, 7) is 2.11. The molecule has 0 aliphatic rings. The molecule has 2 aromatic rings. The molecule has 108 valence electrons. The highest BCUT2D eigenvalue weighted by Crippen LogP contribution is 2.25. The van der Waals surface area contributed by atoms with Gasteiger partial charge in [-0.1, -0.05) is 13.0 Å². The van der Waals surface area contributed by atoms with Crippen molar-refractivity contribution in [2.75, 3.05) is 0 Å². The summed E-state index contributed by atoms with van der Waals surface area (Å²) in [5.41, 5.74) is 6.34. The molecule has 1 atom stereocenters. The van der Waals surface area contributed by atoms with Crippen molar-refractivity contribution in [3.05, 3.63) is 51.7 Å². The van der Waals surface area contributed by atoms with Gasteiger partial charge in [-0.25, -0.2) is 8.78 Å². The lowest BCUT2D eigenvalue weighted by molar-refractivity contribution is 0.276. The molecule has 0 spiro atoms. The van der Waals surface area contributed by atoms with Gasteiger partial charge in [-0.2, -0.15) is 0 Å². The first-order chi connectivity index (χ1) is 9.60. The summed E-state index contributed by atoms with van der Waals surface area (Å²) in [5.74, 6) is -1.69. The number of thiophene rings is 1. The summed E-state index contributed by atoms with van der Waals surface area (Å²) in [7, 11) is 0. The molecule has 0 saturated carbocycles. The third-order valence-electron chi connectivity index (χ3n) is 3.02. The van der Waals surface area contributed by atoms with E-state index in [1.165, 1.54) is 23.5 Å². The maximum atomic E-state index is 13.9. The first kappa shape index (κ1) is 14.9. The maximum absolute atomic E-state index is 13.9. The van der Waals surface area contributed by atoms with Gasteiger partial charge in [0, 0.05) is 10.9 Å². The Balaban J connectivity index is 2.10. The van der Waals surface area contributed by atoms with Gasteiger partial charge in [-0.15, -0.1) is 11.3 Å². The number of hydrogen-bond donors (Lipinski definition) is 1. The lowest BCUT2D eigenvalue weighted by Gasteiger charge is -2.12. The van der Waals surface area contributed by atoms with E-state index in [1.807, 2.05) is 24.4 Å². The summed E-state index contributed by atoms with van der Waals surface area (Å²) in [6, 6.07) is 6.22. The van der Waals surface area contributed by atoms with Crippen LogP contribution < -0.4 is 10.5 Å². The summed E-state index contributed by atoms with van der Waals surface area (Å²) in [5, 5.41) is 1.89. The zero-order valence-corrected chi connectivity index (χ0v) is 12.1. The average molecular weight is 297 g/mol. The Hall–Kier alpha value is -1.46. The fourth-order valence-electron chi connectivity index (χ4n) is 1.85. The second-order valence-electron chi connectivity index (χ2n) is 4.63. The lowest BCUT2D eigenvalue weighted by Crippen LogP contribution is -2.21. The molecule has 1 heterocycles. The Morgan fingerprint density at radius 2 is 2.00 bits per heavy atom. The third kappa shape index (κ3) is 3.77. The van der Waals surface area contributed by atoms with Crippen molar-refractivity contribution < 1.29 is 13.5 Å². The topological polar surface area (TPSA) is 35.2 Å². The van der Waals surface area contributed by atoms with E-state index in [2.05, 4.69) is 0 Å². The SMILES string of the molecule is CCC(N)Cc1cc(F)c(OCc2cccs2)c(F)c1. The van der Waals surface area contributed by atoms with Crippen molar-refractivity contribution in [2.45, 2.75) is 32.4 Å². The summed E-state index contributed by atoms with van der Waals surface area (Å²) >= 11 is 1.48. The number of nitrogens with two attached hydrogens (primary N) is 1. The van der Waals surface area contributed by atoms with Crippen LogP contribution in [0.15, 0.2) is 29.6 Å². The Morgan fingerprint density at radius 1 is 1.30 bits per heavy atom. The zero-order valence-electron chi connectivity index (χ0n) is 11.2. The standard InChI is InChI=1S/C15H17F2NOS/c1-2-11(18)6-10-7-13(16)15(14(17)8-10)19-9-12-4-3-5-20-12/h3-5,7-8,11H,2,6,9,18H2,1H3. The zero-order chi connectivity index (χ0) is 14.5. The van der Waals surface area contributed by atoms with Gasteiger partial charge >= 0.3 is 0 Å². The van der Waals surface area contributed by atoms with E-state index >= 15 is 0 Å². The second-order valence-corrected chi connectivity index (χ2v) is 5.66. The second kappa shape index (κ2) is 6.81. The first-order valence-electron chi connectivity index (χ1n) is 6.48. The number of halogens is 2. The highest BCUT2D eigenvalue weighted by atomic mass is 32.1. The fourth-order valence-corrected chi connectivity index (χ4v) is 2.47. The maximum Gasteiger partial charge on any atom is 0.191 e. The van der Waals surface area contributed by atoms with E-state index in [1.54, 1.807) is 0 Å². The number of ether oxygens (including phenoxy) is 1. The number of hydrogen-bond acceptors (Lipinski definition) is 3. The van der Waals surface area contributed by atoms with Crippen molar-refractivity contribution in [3.63, 3.8) is 0 Å². The number of rotatable bonds is 6. The van der Waals surface area contributed by atoms with E-state index in [0.717, 1.165) is 11.3 Å². The van der Waals surface area contributed by atoms with Gasteiger partial charge in [-0.05, 0) is 42.0 Å². The van der Waals surface area contributed by atoms with Gasteiger partial charge < -0.3 is 10.5 Å². The Bertz CT molecular complexity index is 534. The molecule has 0 aliphatic heterocycles.